The Labute approximate surface area is 195 Å². The summed E-state index contributed by atoms with van der Waals surface area (Å²) in [6, 6.07) is 16.1. The van der Waals surface area contributed by atoms with E-state index in [0.29, 0.717) is 26.2 Å². The molecule has 0 saturated carbocycles. The van der Waals surface area contributed by atoms with Crippen molar-refractivity contribution in [2.24, 2.45) is 0 Å². The molecule has 33 heavy (non-hydrogen) atoms. The zero-order valence-electron chi connectivity index (χ0n) is 19.2. The lowest BCUT2D eigenvalue weighted by atomic mass is 9.95. The predicted molar refractivity (Wildman–Crippen MR) is 128 cm³/mol. The molecule has 0 aliphatic carbocycles. The minimum absolute atomic E-state index is 0.0873. The summed E-state index contributed by atoms with van der Waals surface area (Å²) in [6.45, 7) is 3.56. The van der Waals surface area contributed by atoms with Gasteiger partial charge in [-0.15, -0.1) is 0 Å². The first-order valence-electron chi connectivity index (χ1n) is 11.3. The maximum atomic E-state index is 13.1. The zero-order valence-corrected chi connectivity index (χ0v) is 19.2. The van der Waals surface area contributed by atoms with Crippen LogP contribution in [0.15, 0.2) is 72.0 Å². The Hall–Kier alpha value is -3.38. The molecular formula is C27H31NO5. The average Bonchev–Trinajstić information content (AvgIpc) is 3.09. The number of ketones is 1. The molecule has 1 unspecified atom stereocenters. The van der Waals surface area contributed by atoms with Crippen LogP contribution in [0.3, 0.4) is 0 Å². The van der Waals surface area contributed by atoms with E-state index in [2.05, 4.69) is 6.92 Å². The third-order valence-electron chi connectivity index (χ3n) is 5.51. The van der Waals surface area contributed by atoms with Gasteiger partial charge in [0.25, 0.3) is 5.91 Å². The van der Waals surface area contributed by atoms with E-state index in [0.717, 1.165) is 29.7 Å². The molecule has 2 aromatic carbocycles. The summed E-state index contributed by atoms with van der Waals surface area (Å²) in [6.07, 6.45) is 5.69. The van der Waals surface area contributed by atoms with Gasteiger partial charge in [0.1, 0.15) is 5.75 Å². The maximum Gasteiger partial charge on any atom is 0.290 e. The molecule has 0 bridgehead atoms. The second-order valence-electron chi connectivity index (χ2n) is 7.89. The normalized spacial score (nSPS) is 16.1. The molecule has 6 heteroatoms. The highest BCUT2D eigenvalue weighted by atomic mass is 16.5. The molecule has 1 aliphatic heterocycles. The molecule has 3 rings (SSSR count). The van der Waals surface area contributed by atoms with Crippen molar-refractivity contribution in [3.8, 4) is 5.75 Å². The highest BCUT2D eigenvalue weighted by molar-refractivity contribution is 6.14. The Balaban J connectivity index is 1.89. The van der Waals surface area contributed by atoms with Crippen LogP contribution in [0.2, 0.25) is 0 Å². The minimum atomic E-state index is -0.674. The van der Waals surface area contributed by atoms with E-state index >= 15 is 0 Å². The van der Waals surface area contributed by atoms with E-state index < -0.39 is 23.5 Å². The number of ether oxygens (including phenoxy) is 2. The molecule has 0 fully saturated rings. The van der Waals surface area contributed by atoms with E-state index in [4.69, 9.17) is 9.47 Å². The first kappa shape index (κ1) is 24.3. The number of hydrogen-bond donors (Lipinski definition) is 1. The van der Waals surface area contributed by atoms with Crippen molar-refractivity contribution in [1.29, 1.82) is 0 Å². The average molecular weight is 450 g/mol. The third-order valence-corrected chi connectivity index (χ3v) is 5.51. The van der Waals surface area contributed by atoms with Crippen LogP contribution in [0, 0.1) is 0 Å². The fourth-order valence-corrected chi connectivity index (χ4v) is 3.77. The van der Waals surface area contributed by atoms with Gasteiger partial charge in [0.2, 0.25) is 0 Å². The molecule has 6 nitrogen and oxygen atoms in total. The predicted octanol–water partition coefficient (Wildman–Crippen LogP) is 4.88. The first-order chi connectivity index (χ1) is 16.1. The molecule has 1 N–H and O–H groups in total. The molecule has 0 aromatic heterocycles. The Morgan fingerprint density at radius 1 is 1.06 bits per heavy atom. The lowest BCUT2D eigenvalue weighted by Gasteiger charge is -2.26. The standard InChI is InChI=1S/C27H31NO5/c1-3-4-19-33-22-14-12-21(13-15-22)25-24(23(29)16-11-20-9-6-5-7-10-20)26(30)27(31)28(25)17-8-18-32-2/h5-7,9-16,25,30H,3-4,8,17-19H2,1-2H3. The number of hydrogen-bond acceptors (Lipinski definition) is 5. The lowest BCUT2D eigenvalue weighted by molar-refractivity contribution is -0.129. The van der Waals surface area contributed by atoms with Crippen LogP contribution in [-0.4, -0.2) is 48.6 Å². The van der Waals surface area contributed by atoms with Crippen molar-refractivity contribution in [3.05, 3.63) is 83.1 Å². The van der Waals surface area contributed by atoms with Crippen molar-refractivity contribution < 1.29 is 24.2 Å². The second kappa shape index (κ2) is 12.0. The fourth-order valence-electron chi connectivity index (χ4n) is 3.77. The van der Waals surface area contributed by atoms with Gasteiger partial charge in [0, 0.05) is 20.3 Å². The van der Waals surface area contributed by atoms with E-state index in [1.807, 2.05) is 54.6 Å². The zero-order chi connectivity index (χ0) is 23.6. The second-order valence-corrected chi connectivity index (χ2v) is 7.89. The third kappa shape index (κ3) is 6.11. The monoisotopic (exact) mass is 449 g/mol. The number of carbonyl (C=O) groups is 2. The van der Waals surface area contributed by atoms with Gasteiger partial charge in [0.05, 0.1) is 18.2 Å². The molecule has 1 heterocycles. The topological polar surface area (TPSA) is 76.1 Å². The molecule has 0 spiro atoms. The summed E-state index contributed by atoms with van der Waals surface area (Å²) in [5.41, 5.74) is 1.69. The van der Waals surface area contributed by atoms with E-state index in [1.54, 1.807) is 13.2 Å². The minimum Gasteiger partial charge on any atom is -0.503 e. The highest BCUT2D eigenvalue weighted by Crippen LogP contribution is 2.38. The summed E-state index contributed by atoms with van der Waals surface area (Å²) in [5, 5.41) is 10.7. The number of nitrogens with zero attached hydrogens (tertiary/aromatic N) is 1. The Morgan fingerprint density at radius 3 is 2.45 bits per heavy atom. The van der Waals surface area contributed by atoms with Gasteiger partial charge in [-0.1, -0.05) is 61.9 Å². The first-order valence-corrected chi connectivity index (χ1v) is 11.3. The number of unbranched alkanes of at least 4 members (excludes halogenated alkanes) is 1. The van der Waals surface area contributed by atoms with Crippen LogP contribution >= 0.6 is 0 Å². The molecule has 174 valence electrons. The molecule has 1 atom stereocenters. The summed E-state index contributed by atoms with van der Waals surface area (Å²) >= 11 is 0. The molecular weight excluding hydrogens is 418 g/mol. The molecule has 1 amide bonds. The van der Waals surface area contributed by atoms with Crippen LogP contribution in [0.25, 0.3) is 6.08 Å². The summed E-state index contributed by atoms with van der Waals surface area (Å²) in [4.78, 5) is 27.6. The number of amides is 1. The van der Waals surface area contributed by atoms with Crippen molar-refractivity contribution in [2.75, 3.05) is 26.9 Å². The maximum absolute atomic E-state index is 13.1. The van der Waals surface area contributed by atoms with E-state index in [1.165, 1.54) is 11.0 Å². The van der Waals surface area contributed by atoms with Crippen molar-refractivity contribution in [1.82, 2.24) is 4.90 Å². The van der Waals surface area contributed by atoms with Gasteiger partial charge in [-0.3, -0.25) is 9.59 Å². The largest absolute Gasteiger partial charge is 0.503 e. The van der Waals surface area contributed by atoms with Gasteiger partial charge in [-0.25, -0.2) is 0 Å². The van der Waals surface area contributed by atoms with Gasteiger partial charge in [0.15, 0.2) is 11.5 Å². The Bertz CT molecular complexity index is 995. The van der Waals surface area contributed by atoms with Crippen LogP contribution < -0.4 is 4.74 Å². The van der Waals surface area contributed by atoms with Crippen LogP contribution in [0.1, 0.15) is 43.4 Å². The fraction of sp³-hybridized carbons (Fsp3) is 0.333. The number of benzene rings is 2. The highest BCUT2D eigenvalue weighted by Gasteiger charge is 2.42. The van der Waals surface area contributed by atoms with Gasteiger partial charge >= 0.3 is 0 Å². The van der Waals surface area contributed by atoms with Crippen LogP contribution in [-0.2, 0) is 14.3 Å². The number of carbonyl (C=O) groups excluding carboxylic acids is 2. The van der Waals surface area contributed by atoms with Crippen molar-refractivity contribution >= 4 is 17.8 Å². The van der Waals surface area contributed by atoms with Gasteiger partial charge in [-0.2, -0.15) is 0 Å². The number of aliphatic hydroxyl groups excluding tert-OH is 1. The molecule has 0 saturated heterocycles. The molecule has 0 radical (unpaired) electrons. The number of aliphatic hydroxyl groups is 1. The Morgan fingerprint density at radius 2 is 1.79 bits per heavy atom. The number of methoxy groups -OCH3 is 1. The van der Waals surface area contributed by atoms with Crippen molar-refractivity contribution in [2.45, 2.75) is 32.2 Å². The summed E-state index contributed by atoms with van der Waals surface area (Å²) < 4.78 is 10.9. The van der Waals surface area contributed by atoms with Gasteiger partial charge in [-0.05, 0) is 42.2 Å². The van der Waals surface area contributed by atoms with E-state index in [9.17, 15) is 14.7 Å². The molecule has 2 aromatic rings. The van der Waals surface area contributed by atoms with Crippen molar-refractivity contribution in [3.63, 3.8) is 0 Å². The van der Waals surface area contributed by atoms with Crippen LogP contribution in [0.4, 0.5) is 0 Å². The number of allylic oxidation sites excluding steroid dienone is 1. The van der Waals surface area contributed by atoms with Gasteiger partial charge < -0.3 is 19.5 Å². The van der Waals surface area contributed by atoms with E-state index in [-0.39, 0.29) is 5.57 Å². The SMILES string of the molecule is CCCCOc1ccc(C2C(C(=O)C=Cc3ccccc3)=C(O)C(=O)N2CCCOC)cc1. The smallest absolute Gasteiger partial charge is 0.290 e. The Kier molecular flexibility index (Phi) is 8.84. The molecule has 1 aliphatic rings. The van der Waals surface area contributed by atoms with Crippen LogP contribution in [0.5, 0.6) is 5.75 Å². The summed E-state index contributed by atoms with van der Waals surface area (Å²) in [7, 11) is 1.60. The quantitative estimate of drug-likeness (QED) is 0.369. The lowest BCUT2D eigenvalue weighted by Crippen LogP contribution is -2.32. The number of rotatable bonds is 12. The summed E-state index contributed by atoms with van der Waals surface area (Å²) in [5.74, 6) is -0.709.